The number of hydrogen-bond donors (Lipinski definition) is 2. The smallest absolute Gasteiger partial charge is 0.316 e. The Hall–Kier alpha value is -2.45. The van der Waals surface area contributed by atoms with Crippen molar-refractivity contribution in [2.45, 2.75) is 88.9 Å². The molecule has 2 aliphatic rings. The van der Waals surface area contributed by atoms with Crippen LogP contribution in [-0.2, 0) is 34.9 Å². The van der Waals surface area contributed by atoms with Gasteiger partial charge < -0.3 is 14.9 Å². The molecule has 1 unspecified atom stereocenters. The average Bonchev–Trinajstić information content (AvgIpc) is 3.44. The van der Waals surface area contributed by atoms with Gasteiger partial charge in [0.15, 0.2) is 5.78 Å². The van der Waals surface area contributed by atoms with Crippen molar-refractivity contribution in [3.05, 3.63) is 46.0 Å². The predicted octanol–water partition coefficient (Wildman–Crippen LogP) is 3.43. The molecule has 1 fully saturated rings. The van der Waals surface area contributed by atoms with E-state index >= 15 is 0 Å². The average molecular weight is 625 g/mol. The molecular weight excluding hydrogens is 589 g/mol. The predicted molar refractivity (Wildman–Crippen MR) is 159 cm³/mol. The molecule has 10 nitrogen and oxygen atoms in total. The summed E-state index contributed by atoms with van der Waals surface area (Å²) in [6.07, 6.45) is 5.55. The summed E-state index contributed by atoms with van der Waals surface area (Å²) in [6, 6.07) is -0.719. The molecule has 4 bridgehead atoms. The number of amides is 1. The Morgan fingerprint density at radius 1 is 1.24 bits per heavy atom. The molecule has 0 spiro atoms. The summed E-state index contributed by atoms with van der Waals surface area (Å²) in [7, 11) is -2.19. The summed E-state index contributed by atoms with van der Waals surface area (Å²) in [5, 5.41) is 23.6. The lowest BCUT2D eigenvalue weighted by atomic mass is 9.81. The summed E-state index contributed by atoms with van der Waals surface area (Å²) in [5.74, 6) is -2.10. The highest BCUT2D eigenvalue weighted by molar-refractivity contribution is 8.14. The van der Waals surface area contributed by atoms with E-state index in [-0.39, 0.29) is 18.6 Å². The van der Waals surface area contributed by atoms with Crippen LogP contribution in [0.25, 0.3) is 6.08 Å². The van der Waals surface area contributed by atoms with Crippen molar-refractivity contribution in [3.8, 4) is 0 Å². The Labute approximate surface area is 250 Å². The molecule has 1 saturated heterocycles. The van der Waals surface area contributed by atoms with Gasteiger partial charge in [-0.05, 0) is 72.6 Å². The van der Waals surface area contributed by atoms with Crippen LogP contribution in [0.4, 0.5) is 0 Å². The van der Waals surface area contributed by atoms with E-state index in [0.717, 1.165) is 4.31 Å². The van der Waals surface area contributed by atoms with Gasteiger partial charge in [-0.15, -0.1) is 11.3 Å². The normalized spacial score (nSPS) is 30.1. The highest BCUT2D eigenvalue weighted by Gasteiger charge is 2.64. The Balaban J connectivity index is 2.03. The van der Waals surface area contributed by atoms with E-state index in [2.05, 4.69) is 4.98 Å². The molecule has 1 aromatic rings. The number of thioether (sulfide) groups is 1. The molecule has 5 atom stereocenters. The second-order valence-corrected chi connectivity index (χ2v) is 14.8. The number of fused-ring (bicyclic) bond motifs is 4. The van der Waals surface area contributed by atoms with E-state index in [0.29, 0.717) is 28.0 Å². The number of thiazole rings is 1. The first-order valence-electron chi connectivity index (χ1n) is 13.0. The number of ether oxygens (including phenoxy) is 1. The molecule has 3 rings (SSSR count). The van der Waals surface area contributed by atoms with E-state index in [1.807, 2.05) is 0 Å². The van der Waals surface area contributed by atoms with Crippen molar-refractivity contribution in [2.75, 3.05) is 5.75 Å². The Bertz CT molecular complexity index is 1320. The molecule has 41 heavy (non-hydrogen) atoms. The zero-order valence-corrected chi connectivity index (χ0v) is 26.4. The van der Waals surface area contributed by atoms with E-state index in [1.165, 1.54) is 36.5 Å². The molecule has 2 N–H and O–H groups in total. The second-order valence-electron chi connectivity index (χ2n) is 11.2. The van der Waals surface area contributed by atoms with Gasteiger partial charge in [-0.3, -0.25) is 23.5 Å². The van der Waals surface area contributed by atoms with Crippen LogP contribution in [0, 0.1) is 0 Å². The standard InChI is InChI=1S/C28H36N2O8S3/c1-17-11-12-28(27(6,36)25(35)40-16-23(34)38-26(3,4)5)14-22(33)30(41(28)37)18(2)24-29-19(15-39-24)9-7-8-10-20(31)21(32)13-17/h7-10,13,15,18,21,32,36H,11-12,14,16H2,1-6H3/b9-7-,10-8-,17-13-/t18-,21-,27+,28-,41?/m1/s1. The zero-order chi connectivity index (χ0) is 30.8. The van der Waals surface area contributed by atoms with Gasteiger partial charge in [-0.25, -0.2) is 9.19 Å². The zero-order valence-electron chi connectivity index (χ0n) is 23.9. The van der Waals surface area contributed by atoms with Crippen molar-refractivity contribution >= 4 is 62.9 Å². The lowest BCUT2D eigenvalue weighted by Gasteiger charge is -2.39. The molecule has 0 saturated carbocycles. The molecule has 0 aromatic carbocycles. The third-order valence-electron chi connectivity index (χ3n) is 6.77. The molecule has 2 aliphatic heterocycles. The Morgan fingerprint density at radius 3 is 2.56 bits per heavy atom. The van der Waals surface area contributed by atoms with E-state index in [1.54, 1.807) is 52.2 Å². The minimum absolute atomic E-state index is 0.0793. The van der Waals surface area contributed by atoms with Gasteiger partial charge in [0.1, 0.15) is 38.0 Å². The SMILES string of the molecule is C/C1=C/[C@@H](O)C(=O)/C=C\C=C/c2csc(n2)[C@@H](C)N2C(=O)C[C@@]([C@@](C)(O)C(=O)SCC(=O)OC(C)(C)C)(CC1)S2=O. The van der Waals surface area contributed by atoms with Gasteiger partial charge in [-0.2, -0.15) is 0 Å². The highest BCUT2D eigenvalue weighted by atomic mass is 32.2. The fraction of sp³-hybridized carbons (Fsp3) is 0.536. The fourth-order valence-corrected chi connectivity index (χ4v) is 8.23. The minimum atomic E-state index is -2.30. The molecule has 13 heteroatoms. The number of rotatable bonds is 4. The molecule has 1 aromatic heterocycles. The van der Waals surface area contributed by atoms with Gasteiger partial charge in [-0.1, -0.05) is 29.5 Å². The number of nitrogens with zero attached hydrogens (tertiary/aromatic N) is 2. The number of esters is 1. The number of aliphatic hydroxyl groups is 2. The van der Waals surface area contributed by atoms with Gasteiger partial charge >= 0.3 is 5.97 Å². The van der Waals surface area contributed by atoms with Crippen molar-refractivity contribution in [3.63, 3.8) is 0 Å². The van der Waals surface area contributed by atoms with Crippen LogP contribution < -0.4 is 0 Å². The minimum Gasteiger partial charge on any atom is -0.459 e. The molecular formula is C28H36N2O8S3. The van der Waals surface area contributed by atoms with Crippen molar-refractivity contribution < 1.29 is 38.3 Å². The van der Waals surface area contributed by atoms with Crippen LogP contribution in [-0.4, -0.2) is 74.3 Å². The summed E-state index contributed by atoms with van der Waals surface area (Å²) in [6.45, 7) is 9.62. The maximum Gasteiger partial charge on any atom is 0.316 e. The third-order valence-corrected chi connectivity index (χ3v) is 11.1. The summed E-state index contributed by atoms with van der Waals surface area (Å²) < 4.78 is 18.9. The van der Waals surface area contributed by atoms with Crippen molar-refractivity contribution in [1.29, 1.82) is 0 Å². The Kier molecular flexibility index (Phi) is 10.3. The largest absolute Gasteiger partial charge is 0.459 e. The molecule has 0 aliphatic carbocycles. The van der Waals surface area contributed by atoms with Crippen molar-refractivity contribution in [1.82, 2.24) is 9.29 Å². The van der Waals surface area contributed by atoms with Gasteiger partial charge in [0.2, 0.25) is 11.0 Å². The van der Waals surface area contributed by atoms with Gasteiger partial charge in [0.05, 0.1) is 23.9 Å². The maximum absolute atomic E-state index is 14.2. The number of carbonyl (C=O) groups excluding carboxylic acids is 4. The third kappa shape index (κ3) is 7.50. The Morgan fingerprint density at radius 2 is 1.90 bits per heavy atom. The quantitative estimate of drug-likeness (QED) is 0.377. The number of allylic oxidation sites excluding steroid dienone is 3. The first kappa shape index (κ1) is 33.1. The summed E-state index contributed by atoms with van der Waals surface area (Å²) in [4.78, 5) is 56.0. The van der Waals surface area contributed by atoms with Gasteiger partial charge in [0.25, 0.3) is 0 Å². The lowest BCUT2D eigenvalue weighted by Crippen LogP contribution is -2.58. The first-order chi connectivity index (χ1) is 19.0. The van der Waals surface area contributed by atoms with Crippen LogP contribution >= 0.6 is 23.1 Å². The van der Waals surface area contributed by atoms with Gasteiger partial charge in [0, 0.05) is 5.38 Å². The van der Waals surface area contributed by atoms with Crippen LogP contribution in [0.2, 0.25) is 0 Å². The van der Waals surface area contributed by atoms with E-state index in [9.17, 15) is 33.6 Å². The number of aromatic nitrogens is 1. The maximum atomic E-state index is 14.2. The number of hydrogen-bond acceptors (Lipinski definition) is 11. The van der Waals surface area contributed by atoms with Crippen LogP contribution in [0.15, 0.2) is 35.3 Å². The number of aliphatic hydroxyl groups excluding tert-OH is 1. The van der Waals surface area contributed by atoms with Crippen molar-refractivity contribution in [2.24, 2.45) is 0 Å². The van der Waals surface area contributed by atoms with E-state index < -0.39 is 68.3 Å². The second kappa shape index (κ2) is 12.8. The first-order valence-corrected chi connectivity index (χ1v) is 16.0. The molecule has 224 valence electrons. The summed E-state index contributed by atoms with van der Waals surface area (Å²) >= 11 is 1.80. The molecule has 0 radical (unpaired) electrons. The molecule has 1 amide bonds. The fourth-order valence-electron chi connectivity index (χ4n) is 4.51. The highest BCUT2D eigenvalue weighted by Crippen LogP contribution is 2.48. The topological polar surface area (TPSA) is 151 Å². The summed E-state index contributed by atoms with van der Waals surface area (Å²) in [5.41, 5.74) is -1.97. The van der Waals surface area contributed by atoms with Crippen LogP contribution in [0.3, 0.4) is 0 Å². The van der Waals surface area contributed by atoms with Crippen LogP contribution in [0.5, 0.6) is 0 Å². The van der Waals surface area contributed by atoms with Crippen LogP contribution in [0.1, 0.15) is 77.5 Å². The van der Waals surface area contributed by atoms with E-state index in [4.69, 9.17) is 4.74 Å². The number of carbonyl (C=O) groups is 4. The lowest BCUT2D eigenvalue weighted by molar-refractivity contribution is -0.151. The number of ketones is 1. The monoisotopic (exact) mass is 624 g/mol. The molecule has 3 heterocycles.